The van der Waals surface area contributed by atoms with Crippen molar-refractivity contribution in [2.24, 2.45) is 0 Å². The van der Waals surface area contributed by atoms with Gasteiger partial charge in [-0.15, -0.1) is 5.10 Å². The van der Waals surface area contributed by atoms with Crippen LogP contribution in [0.15, 0.2) is 60.9 Å². The lowest BCUT2D eigenvalue weighted by Crippen LogP contribution is -2.38. The van der Waals surface area contributed by atoms with Crippen LogP contribution < -0.4 is 5.32 Å². The van der Waals surface area contributed by atoms with E-state index < -0.39 is 0 Å². The molecule has 3 heterocycles. The molecule has 136 valence electrons. The average molecular weight is 362 g/mol. The summed E-state index contributed by atoms with van der Waals surface area (Å²) in [4.78, 5) is 30.7. The number of amides is 2. The van der Waals surface area contributed by atoms with Crippen LogP contribution >= 0.6 is 0 Å². The van der Waals surface area contributed by atoms with Gasteiger partial charge in [-0.1, -0.05) is 29.5 Å². The Morgan fingerprint density at radius 2 is 1.85 bits per heavy atom. The molecule has 1 N–H and O–H groups in total. The summed E-state index contributed by atoms with van der Waals surface area (Å²) in [6.45, 7) is 1.03. The van der Waals surface area contributed by atoms with Gasteiger partial charge in [-0.05, 0) is 30.7 Å². The molecule has 1 aliphatic rings. The predicted octanol–water partition coefficient (Wildman–Crippen LogP) is 1.31. The number of benzene rings is 1. The minimum absolute atomic E-state index is 0.118. The van der Waals surface area contributed by atoms with Gasteiger partial charge >= 0.3 is 0 Å². The van der Waals surface area contributed by atoms with Gasteiger partial charge in [0, 0.05) is 25.3 Å². The Bertz CT molecular complexity index is 941. The van der Waals surface area contributed by atoms with E-state index in [1.54, 1.807) is 40.2 Å². The topological polar surface area (TPSA) is 93.0 Å². The Kier molecular flexibility index (Phi) is 4.61. The third kappa shape index (κ3) is 3.69. The maximum Gasteiger partial charge on any atom is 0.273 e. The quantitative estimate of drug-likeness (QED) is 0.755. The Morgan fingerprint density at radius 1 is 1.04 bits per heavy atom. The fourth-order valence-electron chi connectivity index (χ4n) is 3.05. The Labute approximate surface area is 155 Å². The minimum Gasteiger partial charge on any atom is -0.346 e. The zero-order chi connectivity index (χ0) is 18.6. The van der Waals surface area contributed by atoms with Crippen LogP contribution in [0.25, 0.3) is 5.69 Å². The van der Waals surface area contributed by atoms with E-state index in [2.05, 4.69) is 20.6 Å². The molecule has 8 nitrogen and oxygen atoms in total. The van der Waals surface area contributed by atoms with E-state index in [0.717, 1.165) is 5.69 Å². The molecule has 0 aliphatic carbocycles. The lowest BCUT2D eigenvalue weighted by Gasteiger charge is -2.16. The predicted molar refractivity (Wildman–Crippen MR) is 97.4 cm³/mol. The van der Waals surface area contributed by atoms with Crippen LogP contribution in [0.3, 0.4) is 0 Å². The molecule has 2 aromatic heterocycles. The van der Waals surface area contributed by atoms with E-state index in [4.69, 9.17) is 0 Å². The van der Waals surface area contributed by atoms with E-state index in [1.165, 1.54) is 0 Å². The number of carbonyl (C=O) groups is 2. The molecule has 4 rings (SSSR count). The van der Waals surface area contributed by atoms with Crippen molar-refractivity contribution in [3.05, 3.63) is 72.3 Å². The summed E-state index contributed by atoms with van der Waals surface area (Å²) in [5.41, 5.74) is 1.49. The molecule has 1 aliphatic heterocycles. The SMILES string of the molecule is O=C(N[C@@H]1CCN(C(=O)c2ccccn2)C1)c1cn(-c2ccccc2)nn1. The molecule has 1 aromatic carbocycles. The smallest absolute Gasteiger partial charge is 0.273 e. The Hall–Kier alpha value is -3.55. The maximum atomic E-state index is 12.4. The highest BCUT2D eigenvalue weighted by Crippen LogP contribution is 2.13. The van der Waals surface area contributed by atoms with E-state index in [9.17, 15) is 9.59 Å². The van der Waals surface area contributed by atoms with E-state index in [-0.39, 0.29) is 23.6 Å². The molecule has 1 saturated heterocycles. The van der Waals surface area contributed by atoms with Crippen molar-refractivity contribution in [1.29, 1.82) is 0 Å². The molecule has 3 aromatic rings. The van der Waals surface area contributed by atoms with Crippen LogP contribution in [0.5, 0.6) is 0 Å². The van der Waals surface area contributed by atoms with Crippen molar-refractivity contribution in [1.82, 2.24) is 30.2 Å². The first-order chi connectivity index (χ1) is 13.2. The van der Waals surface area contributed by atoms with Crippen LogP contribution in [-0.4, -0.2) is 55.8 Å². The zero-order valence-corrected chi connectivity index (χ0v) is 14.5. The highest BCUT2D eigenvalue weighted by molar-refractivity contribution is 5.93. The molecule has 0 saturated carbocycles. The number of para-hydroxylation sites is 1. The number of pyridine rings is 1. The number of nitrogens with one attached hydrogen (secondary N) is 1. The van der Waals surface area contributed by atoms with Gasteiger partial charge in [-0.25, -0.2) is 4.68 Å². The number of nitrogens with zero attached hydrogens (tertiary/aromatic N) is 5. The van der Waals surface area contributed by atoms with E-state index in [0.29, 0.717) is 25.2 Å². The first-order valence-electron chi connectivity index (χ1n) is 8.69. The van der Waals surface area contributed by atoms with Crippen molar-refractivity contribution in [3.63, 3.8) is 0 Å². The molecular weight excluding hydrogens is 344 g/mol. The lowest BCUT2D eigenvalue weighted by molar-refractivity contribution is 0.0777. The molecular formula is C19H18N6O2. The Balaban J connectivity index is 1.37. The highest BCUT2D eigenvalue weighted by atomic mass is 16.2. The fraction of sp³-hybridized carbons (Fsp3) is 0.211. The average Bonchev–Trinajstić information content (AvgIpc) is 3.39. The standard InChI is InChI=1S/C19H18N6O2/c26-18(17-13-25(23-22-17)15-6-2-1-3-7-15)21-14-9-11-24(12-14)19(27)16-8-4-5-10-20-16/h1-8,10,13-14H,9,11-12H2,(H,21,26)/t14-/m1/s1. The summed E-state index contributed by atoms with van der Waals surface area (Å²) in [6, 6.07) is 14.6. The van der Waals surface area contributed by atoms with Crippen LogP contribution in [0.2, 0.25) is 0 Å². The van der Waals surface area contributed by atoms with Gasteiger partial charge in [0.1, 0.15) is 5.69 Å². The van der Waals surface area contributed by atoms with Crippen LogP contribution in [0.4, 0.5) is 0 Å². The molecule has 1 atom stereocenters. The first kappa shape index (κ1) is 16.9. The van der Waals surface area contributed by atoms with Crippen LogP contribution in [0, 0.1) is 0 Å². The summed E-state index contributed by atoms with van der Waals surface area (Å²) in [5.74, 6) is -0.420. The number of aromatic nitrogens is 4. The van der Waals surface area contributed by atoms with E-state index >= 15 is 0 Å². The number of rotatable bonds is 4. The van der Waals surface area contributed by atoms with Crippen molar-refractivity contribution in [2.45, 2.75) is 12.5 Å². The van der Waals surface area contributed by atoms with Gasteiger partial charge < -0.3 is 10.2 Å². The second-order valence-corrected chi connectivity index (χ2v) is 6.31. The summed E-state index contributed by atoms with van der Waals surface area (Å²) < 4.78 is 1.56. The summed E-state index contributed by atoms with van der Waals surface area (Å²) in [6.07, 6.45) is 3.88. The molecule has 27 heavy (non-hydrogen) atoms. The molecule has 0 unspecified atom stereocenters. The maximum absolute atomic E-state index is 12.4. The highest BCUT2D eigenvalue weighted by Gasteiger charge is 2.29. The number of hydrogen-bond acceptors (Lipinski definition) is 5. The molecule has 0 radical (unpaired) electrons. The third-order valence-corrected chi connectivity index (χ3v) is 4.44. The molecule has 8 heteroatoms. The summed E-state index contributed by atoms with van der Waals surface area (Å²) in [5, 5.41) is 10.9. The van der Waals surface area contributed by atoms with Crippen molar-refractivity contribution < 1.29 is 9.59 Å². The number of hydrogen-bond donors (Lipinski definition) is 1. The van der Waals surface area contributed by atoms with Gasteiger partial charge in [0.05, 0.1) is 11.9 Å². The summed E-state index contributed by atoms with van der Waals surface area (Å²) >= 11 is 0. The second kappa shape index (κ2) is 7.36. The van der Waals surface area contributed by atoms with Crippen molar-refractivity contribution in [3.8, 4) is 5.69 Å². The van der Waals surface area contributed by atoms with Gasteiger partial charge in [0.25, 0.3) is 11.8 Å². The van der Waals surface area contributed by atoms with Gasteiger partial charge in [-0.3, -0.25) is 14.6 Å². The largest absolute Gasteiger partial charge is 0.346 e. The number of likely N-dealkylation sites (tertiary alicyclic amines) is 1. The molecule has 2 amide bonds. The molecule has 0 spiro atoms. The number of carbonyl (C=O) groups excluding carboxylic acids is 2. The zero-order valence-electron chi connectivity index (χ0n) is 14.5. The second-order valence-electron chi connectivity index (χ2n) is 6.31. The first-order valence-corrected chi connectivity index (χ1v) is 8.69. The van der Waals surface area contributed by atoms with E-state index in [1.807, 2.05) is 30.3 Å². The lowest BCUT2D eigenvalue weighted by atomic mass is 10.2. The van der Waals surface area contributed by atoms with Gasteiger partial charge in [0.15, 0.2) is 5.69 Å². The van der Waals surface area contributed by atoms with Crippen molar-refractivity contribution >= 4 is 11.8 Å². The third-order valence-electron chi connectivity index (χ3n) is 4.44. The normalized spacial score (nSPS) is 16.3. The Morgan fingerprint density at radius 3 is 2.63 bits per heavy atom. The van der Waals surface area contributed by atoms with Crippen molar-refractivity contribution in [2.75, 3.05) is 13.1 Å². The monoisotopic (exact) mass is 362 g/mol. The molecule has 1 fully saturated rings. The van der Waals surface area contributed by atoms with Gasteiger partial charge in [0.2, 0.25) is 0 Å². The fourth-order valence-corrected chi connectivity index (χ4v) is 3.05. The summed E-state index contributed by atoms with van der Waals surface area (Å²) in [7, 11) is 0. The van der Waals surface area contributed by atoms with Crippen LogP contribution in [0.1, 0.15) is 27.4 Å². The van der Waals surface area contributed by atoms with Gasteiger partial charge in [-0.2, -0.15) is 0 Å². The minimum atomic E-state index is -0.297. The molecule has 0 bridgehead atoms. The van der Waals surface area contributed by atoms with Crippen LogP contribution in [-0.2, 0) is 0 Å².